The third-order valence-electron chi connectivity index (χ3n) is 2.04. The van der Waals surface area contributed by atoms with Crippen LogP contribution in [-0.2, 0) is 6.54 Å². The third kappa shape index (κ3) is 4.17. The molecule has 1 aromatic heterocycles. The molecular formula is C10H19N3S. The lowest BCUT2D eigenvalue weighted by atomic mass is 10.4. The second kappa shape index (κ2) is 6.11. The number of rotatable bonds is 6. The van der Waals surface area contributed by atoms with Gasteiger partial charge >= 0.3 is 0 Å². The Morgan fingerprint density at radius 1 is 1.57 bits per heavy atom. The van der Waals surface area contributed by atoms with Gasteiger partial charge in [0.25, 0.3) is 0 Å². The molecule has 0 aliphatic rings. The first-order valence-corrected chi connectivity index (χ1v) is 5.84. The highest BCUT2D eigenvalue weighted by atomic mass is 32.1. The first-order valence-electron chi connectivity index (χ1n) is 4.96. The SMILES string of the molecule is CNCCCN(C)Cc1nc(C)cs1. The molecule has 3 nitrogen and oxygen atoms in total. The second-order valence-corrected chi connectivity index (χ2v) is 4.52. The van der Waals surface area contributed by atoms with Gasteiger partial charge in [0.1, 0.15) is 5.01 Å². The zero-order chi connectivity index (χ0) is 10.4. The highest BCUT2D eigenvalue weighted by molar-refractivity contribution is 7.09. The van der Waals surface area contributed by atoms with E-state index in [2.05, 4.69) is 27.6 Å². The molecule has 80 valence electrons. The largest absolute Gasteiger partial charge is 0.320 e. The number of hydrogen-bond acceptors (Lipinski definition) is 4. The van der Waals surface area contributed by atoms with E-state index in [0.29, 0.717) is 0 Å². The molecule has 0 aliphatic carbocycles. The predicted octanol–water partition coefficient (Wildman–Crippen LogP) is 1.49. The van der Waals surface area contributed by atoms with Gasteiger partial charge in [-0.15, -0.1) is 11.3 Å². The van der Waals surface area contributed by atoms with Gasteiger partial charge in [0.05, 0.1) is 6.54 Å². The Hall–Kier alpha value is -0.450. The molecule has 1 rings (SSSR count). The molecule has 1 N–H and O–H groups in total. The van der Waals surface area contributed by atoms with Gasteiger partial charge in [-0.1, -0.05) is 0 Å². The summed E-state index contributed by atoms with van der Waals surface area (Å²) < 4.78 is 0. The number of hydrogen-bond donors (Lipinski definition) is 1. The van der Waals surface area contributed by atoms with Gasteiger partial charge in [-0.2, -0.15) is 0 Å². The quantitative estimate of drug-likeness (QED) is 0.726. The van der Waals surface area contributed by atoms with Gasteiger partial charge in [0, 0.05) is 11.1 Å². The zero-order valence-electron chi connectivity index (χ0n) is 9.21. The zero-order valence-corrected chi connectivity index (χ0v) is 10.0. The van der Waals surface area contributed by atoms with Crippen LogP contribution in [0.15, 0.2) is 5.38 Å². The molecule has 14 heavy (non-hydrogen) atoms. The van der Waals surface area contributed by atoms with Crippen LogP contribution < -0.4 is 5.32 Å². The van der Waals surface area contributed by atoms with Crippen LogP contribution >= 0.6 is 11.3 Å². The van der Waals surface area contributed by atoms with Gasteiger partial charge in [-0.3, -0.25) is 4.90 Å². The van der Waals surface area contributed by atoms with Crippen LogP contribution in [0.3, 0.4) is 0 Å². The third-order valence-corrected chi connectivity index (χ3v) is 2.99. The van der Waals surface area contributed by atoms with Crippen molar-refractivity contribution in [2.24, 2.45) is 0 Å². The maximum absolute atomic E-state index is 4.44. The molecule has 1 aromatic rings. The van der Waals surface area contributed by atoms with Crippen molar-refractivity contribution in [3.63, 3.8) is 0 Å². The van der Waals surface area contributed by atoms with Gasteiger partial charge in [-0.25, -0.2) is 4.98 Å². The molecule has 0 bridgehead atoms. The number of nitrogens with one attached hydrogen (secondary N) is 1. The summed E-state index contributed by atoms with van der Waals surface area (Å²) in [6.07, 6.45) is 1.19. The van der Waals surface area contributed by atoms with Crippen LogP contribution in [0.2, 0.25) is 0 Å². The van der Waals surface area contributed by atoms with E-state index in [1.165, 1.54) is 11.4 Å². The second-order valence-electron chi connectivity index (χ2n) is 3.58. The maximum atomic E-state index is 4.44. The molecule has 0 atom stereocenters. The van der Waals surface area contributed by atoms with Crippen LogP contribution in [0.1, 0.15) is 17.1 Å². The van der Waals surface area contributed by atoms with E-state index >= 15 is 0 Å². The molecule has 0 unspecified atom stereocenters. The molecule has 0 saturated heterocycles. The Bertz CT molecular complexity index is 260. The summed E-state index contributed by atoms with van der Waals surface area (Å²) in [6, 6.07) is 0. The van der Waals surface area contributed by atoms with Crippen molar-refractivity contribution in [1.82, 2.24) is 15.2 Å². The fourth-order valence-corrected chi connectivity index (χ4v) is 2.16. The molecule has 0 amide bonds. The average Bonchev–Trinajstić information content (AvgIpc) is 2.52. The standard InChI is InChI=1S/C10H19N3S/c1-9-8-14-10(12-9)7-13(3)6-4-5-11-2/h8,11H,4-7H2,1-3H3. The van der Waals surface area contributed by atoms with Crippen LogP contribution in [-0.4, -0.2) is 37.1 Å². The molecule has 4 heteroatoms. The number of nitrogens with zero attached hydrogens (tertiary/aromatic N) is 2. The smallest absolute Gasteiger partial charge is 0.107 e. The Morgan fingerprint density at radius 3 is 2.93 bits per heavy atom. The van der Waals surface area contributed by atoms with Crippen molar-refractivity contribution in [1.29, 1.82) is 0 Å². The lowest BCUT2D eigenvalue weighted by Gasteiger charge is -2.14. The van der Waals surface area contributed by atoms with Gasteiger partial charge in [0.2, 0.25) is 0 Å². The first-order chi connectivity index (χ1) is 6.72. The number of thiazole rings is 1. The first kappa shape index (κ1) is 11.6. The fraction of sp³-hybridized carbons (Fsp3) is 0.700. The van der Waals surface area contributed by atoms with E-state index in [0.717, 1.165) is 25.3 Å². The normalized spacial score (nSPS) is 11.1. The van der Waals surface area contributed by atoms with E-state index in [-0.39, 0.29) is 0 Å². The van der Waals surface area contributed by atoms with E-state index in [1.54, 1.807) is 11.3 Å². The molecule has 0 saturated carbocycles. The van der Waals surface area contributed by atoms with Crippen molar-refractivity contribution >= 4 is 11.3 Å². The van der Waals surface area contributed by atoms with Crippen molar-refractivity contribution in [2.75, 3.05) is 27.2 Å². The number of aryl methyl sites for hydroxylation is 1. The Morgan fingerprint density at radius 2 is 2.36 bits per heavy atom. The molecule has 0 aromatic carbocycles. The lowest BCUT2D eigenvalue weighted by Crippen LogP contribution is -2.22. The van der Waals surface area contributed by atoms with E-state index in [1.807, 2.05) is 14.0 Å². The van der Waals surface area contributed by atoms with Crippen molar-refractivity contribution in [3.05, 3.63) is 16.1 Å². The molecular weight excluding hydrogens is 194 g/mol. The van der Waals surface area contributed by atoms with Crippen LogP contribution in [0, 0.1) is 6.92 Å². The predicted molar refractivity (Wildman–Crippen MR) is 61.7 cm³/mol. The minimum Gasteiger partial charge on any atom is -0.320 e. The number of aromatic nitrogens is 1. The minimum atomic E-state index is 0.974. The Balaban J connectivity index is 2.23. The summed E-state index contributed by atoms with van der Waals surface area (Å²) >= 11 is 1.75. The summed E-state index contributed by atoms with van der Waals surface area (Å²) in [5.41, 5.74) is 1.13. The van der Waals surface area contributed by atoms with E-state index in [4.69, 9.17) is 0 Å². The van der Waals surface area contributed by atoms with E-state index in [9.17, 15) is 0 Å². The van der Waals surface area contributed by atoms with Gasteiger partial charge < -0.3 is 5.32 Å². The van der Waals surface area contributed by atoms with Crippen molar-refractivity contribution in [2.45, 2.75) is 19.9 Å². The topological polar surface area (TPSA) is 28.2 Å². The molecule has 0 spiro atoms. The molecule has 0 fully saturated rings. The van der Waals surface area contributed by atoms with Crippen LogP contribution in [0.5, 0.6) is 0 Å². The summed E-state index contributed by atoms with van der Waals surface area (Å²) in [5.74, 6) is 0. The van der Waals surface area contributed by atoms with Gasteiger partial charge in [0.15, 0.2) is 0 Å². The Kier molecular flexibility index (Phi) is 5.07. The van der Waals surface area contributed by atoms with Crippen molar-refractivity contribution in [3.8, 4) is 0 Å². The molecule has 0 aliphatic heterocycles. The fourth-order valence-electron chi connectivity index (χ4n) is 1.31. The van der Waals surface area contributed by atoms with Gasteiger partial charge in [-0.05, 0) is 40.5 Å². The van der Waals surface area contributed by atoms with Crippen molar-refractivity contribution < 1.29 is 0 Å². The highest BCUT2D eigenvalue weighted by Gasteiger charge is 2.02. The summed E-state index contributed by atoms with van der Waals surface area (Å²) in [7, 11) is 4.14. The summed E-state index contributed by atoms with van der Waals surface area (Å²) in [5, 5.41) is 6.48. The average molecular weight is 213 g/mol. The Labute approximate surface area is 90.2 Å². The van der Waals surface area contributed by atoms with Crippen LogP contribution in [0.4, 0.5) is 0 Å². The lowest BCUT2D eigenvalue weighted by molar-refractivity contribution is 0.320. The minimum absolute atomic E-state index is 0.974. The summed E-state index contributed by atoms with van der Waals surface area (Å²) in [6.45, 7) is 5.23. The van der Waals surface area contributed by atoms with Crippen LogP contribution in [0.25, 0.3) is 0 Å². The highest BCUT2D eigenvalue weighted by Crippen LogP contribution is 2.10. The molecule has 0 radical (unpaired) electrons. The monoisotopic (exact) mass is 213 g/mol. The summed E-state index contributed by atoms with van der Waals surface area (Å²) in [4.78, 5) is 6.76. The molecule has 1 heterocycles. The van der Waals surface area contributed by atoms with E-state index < -0.39 is 0 Å². The maximum Gasteiger partial charge on any atom is 0.107 e.